The number of fused-ring (bicyclic) bond motifs is 6. The van der Waals surface area contributed by atoms with Crippen LogP contribution in [0.25, 0.3) is 0 Å². The van der Waals surface area contributed by atoms with E-state index in [-0.39, 0.29) is 41.0 Å². The molecule has 3 aliphatic heterocycles. The summed E-state index contributed by atoms with van der Waals surface area (Å²) in [5.41, 5.74) is -3.57. The fourth-order valence-electron chi connectivity index (χ4n) is 10.8. The van der Waals surface area contributed by atoms with Gasteiger partial charge in [0.25, 0.3) is 0 Å². The number of esters is 2. The fourth-order valence-corrected chi connectivity index (χ4v) is 10.8. The average Bonchev–Trinajstić information content (AvgIpc) is 3.45. The molecule has 0 aromatic heterocycles. The third kappa shape index (κ3) is 2.79. The lowest BCUT2D eigenvalue weighted by molar-refractivity contribution is -0.368. The fraction of sp³-hybridized carbons (Fsp3) is 0.833. The molecule has 4 aliphatic carbocycles. The summed E-state index contributed by atoms with van der Waals surface area (Å²) in [5.74, 6) is -3.39. The smallest absolute Gasteiger partial charge is 0.311 e. The van der Waals surface area contributed by atoms with Gasteiger partial charge in [-0.05, 0) is 74.9 Å². The molecule has 9 heteroatoms. The van der Waals surface area contributed by atoms with Crippen LogP contribution in [-0.4, -0.2) is 69.3 Å². The number of allylic oxidation sites excluding steroid dienone is 1. The van der Waals surface area contributed by atoms with Crippen LogP contribution in [0.1, 0.15) is 67.2 Å². The van der Waals surface area contributed by atoms with E-state index in [9.17, 15) is 24.6 Å². The van der Waals surface area contributed by atoms with Crippen LogP contribution >= 0.6 is 0 Å². The van der Waals surface area contributed by atoms with E-state index in [0.717, 1.165) is 19.3 Å². The van der Waals surface area contributed by atoms with Gasteiger partial charge in [-0.1, -0.05) is 20.8 Å². The largest absolute Gasteiger partial charge is 0.455 e. The predicted molar refractivity (Wildman–Crippen MR) is 135 cm³/mol. The maximum absolute atomic E-state index is 13.7. The van der Waals surface area contributed by atoms with Gasteiger partial charge < -0.3 is 29.2 Å². The Bertz CT molecular complexity index is 1190. The van der Waals surface area contributed by atoms with E-state index in [1.54, 1.807) is 26.0 Å². The Kier molecular flexibility index (Phi) is 5.04. The monoisotopic (exact) mass is 544 g/mol. The van der Waals surface area contributed by atoms with E-state index >= 15 is 0 Å². The Labute approximate surface area is 228 Å². The highest BCUT2D eigenvalue weighted by atomic mass is 16.7. The van der Waals surface area contributed by atoms with Gasteiger partial charge in [-0.25, -0.2) is 0 Å². The van der Waals surface area contributed by atoms with Crippen LogP contribution in [0.4, 0.5) is 0 Å². The van der Waals surface area contributed by atoms with Gasteiger partial charge in [0.1, 0.15) is 17.3 Å². The molecule has 0 bridgehead atoms. The minimum Gasteiger partial charge on any atom is -0.455 e. The van der Waals surface area contributed by atoms with E-state index in [0.29, 0.717) is 6.42 Å². The van der Waals surface area contributed by atoms with Gasteiger partial charge in [0.05, 0.1) is 23.5 Å². The predicted octanol–water partition coefficient (Wildman–Crippen LogP) is 2.31. The zero-order chi connectivity index (χ0) is 28.1. The summed E-state index contributed by atoms with van der Waals surface area (Å²) in [6.45, 7) is 10.8. The zero-order valence-electron chi connectivity index (χ0n) is 23.5. The molecule has 7 rings (SSSR count). The minimum atomic E-state index is -1.58. The number of aliphatic hydroxyl groups is 2. The number of aliphatic hydroxyl groups excluding tert-OH is 1. The molecule has 15 atom stereocenters. The first-order valence-electron chi connectivity index (χ1n) is 14.5. The summed E-state index contributed by atoms with van der Waals surface area (Å²) in [6, 6.07) is 0. The molecular weight excluding hydrogens is 504 g/mol. The van der Waals surface area contributed by atoms with E-state index in [1.165, 1.54) is 6.92 Å². The maximum Gasteiger partial charge on any atom is 0.311 e. The molecule has 0 aromatic carbocycles. The van der Waals surface area contributed by atoms with Crippen LogP contribution in [0.3, 0.4) is 0 Å². The third-order valence-corrected chi connectivity index (χ3v) is 12.8. The highest BCUT2D eigenvalue weighted by Crippen LogP contribution is 2.74. The average molecular weight is 545 g/mol. The SMILES string of the molecule is CC(=O)O[C@H]1C=CC(=O)[C@]2(C)[C@H]3CC[C@]4(C)[C@@H]5[C@H](C[C@H]4[C@@H]3C[C@H]3O[C@]132)O[C@@]1(OC(=O)[C@H](C)[C@H]1C)[C@@H](O)[C@]5(C)O. The number of hydrogen-bond acceptors (Lipinski definition) is 9. The zero-order valence-corrected chi connectivity index (χ0v) is 23.5. The molecule has 3 saturated carbocycles. The molecule has 0 unspecified atom stereocenters. The van der Waals surface area contributed by atoms with Crippen molar-refractivity contribution in [3.05, 3.63) is 12.2 Å². The molecule has 2 N–H and O–H groups in total. The van der Waals surface area contributed by atoms with Gasteiger partial charge in [0.15, 0.2) is 11.9 Å². The molecule has 0 radical (unpaired) electrons. The second-order valence-electron chi connectivity index (χ2n) is 14.2. The summed E-state index contributed by atoms with van der Waals surface area (Å²) >= 11 is 0. The highest BCUT2D eigenvalue weighted by molar-refractivity contribution is 5.98. The Balaban J connectivity index is 1.26. The standard InChI is InChI=1S/C30H40O9/c1-13-14(2)30(39-24(13)33)25(34)28(6,35)23-19(37-30)12-18-16-11-22-29(38-22)21(36-15(3)31)8-7-20(32)27(29,5)17(16)9-10-26(18,23)4/h7-8,13-14,16-19,21-23,25,34-35H,9-12H2,1-6H3/t13-,14-,16-,17+,18+,19+,21+,22-,23+,25+,26+,27+,28-,29-,30+/m1/s1. The van der Waals surface area contributed by atoms with Crippen LogP contribution in [-0.2, 0) is 33.3 Å². The first kappa shape index (κ1) is 26.1. The van der Waals surface area contributed by atoms with Crippen molar-refractivity contribution in [3.8, 4) is 0 Å². The van der Waals surface area contributed by atoms with Crippen molar-refractivity contribution in [2.24, 2.45) is 46.3 Å². The lowest BCUT2D eigenvalue weighted by atomic mass is 9.44. The third-order valence-electron chi connectivity index (χ3n) is 12.8. The van der Waals surface area contributed by atoms with Crippen molar-refractivity contribution >= 4 is 17.7 Å². The van der Waals surface area contributed by atoms with Crippen molar-refractivity contribution in [3.63, 3.8) is 0 Å². The van der Waals surface area contributed by atoms with Gasteiger partial charge in [-0.3, -0.25) is 14.4 Å². The molecule has 7 aliphatic rings. The second kappa shape index (κ2) is 7.52. The molecule has 9 nitrogen and oxygen atoms in total. The first-order valence-corrected chi connectivity index (χ1v) is 14.5. The van der Waals surface area contributed by atoms with Crippen molar-refractivity contribution < 1.29 is 43.5 Å². The van der Waals surface area contributed by atoms with Crippen molar-refractivity contribution in [2.75, 3.05) is 0 Å². The van der Waals surface area contributed by atoms with E-state index in [1.807, 2.05) is 13.8 Å². The van der Waals surface area contributed by atoms with Crippen LogP contribution in [0.15, 0.2) is 12.2 Å². The molecule has 39 heavy (non-hydrogen) atoms. The van der Waals surface area contributed by atoms with Crippen LogP contribution < -0.4 is 0 Å². The number of epoxide rings is 1. The highest BCUT2D eigenvalue weighted by Gasteiger charge is 2.82. The summed E-state index contributed by atoms with van der Waals surface area (Å²) in [5, 5.41) is 23.6. The van der Waals surface area contributed by atoms with Crippen LogP contribution in [0, 0.1) is 46.3 Å². The molecule has 0 amide bonds. The normalized spacial score (nSPS) is 60.5. The van der Waals surface area contributed by atoms with Gasteiger partial charge in [-0.2, -0.15) is 0 Å². The number of ether oxygens (including phenoxy) is 4. The Morgan fingerprint density at radius 1 is 1.10 bits per heavy atom. The van der Waals surface area contributed by atoms with E-state index in [4.69, 9.17) is 18.9 Å². The quantitative estimate of drug-likeness (QED) is 0.377. The summed E-state index contributed by atoms with van der Waals surface area (Å²) in [4.78, 5) is 38.1. The number of ketones is 1. The number of rotatable bonds is 1. The van der Waals surface area contributed by atoms with Crippen LogP contribution in [0.2, 0.25) is 0 Å². The molecule has 2 spiro atoms. The number of carbonyl (C=O) groups excluding carboxylic acids is 3. The van der Waals surface area contributed by atoms with Crippen molar-refractivity contribution in [2.45, 2.75) is 109 Å². The molecule has 6 fully saturated rings. The number of carbonyl (C=O) groups is 3. The molecule has 3 saturated heterocycles. The van der Waals surface area contributed by atoms with E-state index in [2.05, 4.69) is 6.92 Å². The van der Waals surface area contributed by atoms with Crippen molar-refractivity contribution in [1.29, 1.82) is 0 Å². The molecular formula is C30H40O9. The van der Waals surface area contributed by atoms with Gasteiger partial charge in [0, 0.05) is 18.8 Å². The first-order chi connectivity index (χ1) is 18.2. The summed E-state index contributed by atoms with van der Waals surface area (Å²) < 4.78 is 24.4. The Hall–Kier alpha value is -1.81. The van der Waals surface area contributed by atoms with Gasteiger partial charge >= 0.3 is 11.9 Å². The Morgan fingerprint density at radius 3 is 2.46 bits per heavy atom. The maximum atomic E-state index is 13.7. The summed E-state index contributed by atoms with van der Waals surface area (Å²) in [7, 11) is 0. The Morgan fingerprint density at radius 2 is 1.82 bits per heavy atom. The lowest BCUT2D eigenvalue weighted by Gasteiger charge is -2.60. The molecule has 214 valence electrons. The number of hydrogen-bond donors (Lipinski definition) is 2. The molecule has 0 aromatic rings. The summed E-state index contributed by atoms with van der Waals surface area (Å²) in [6.07, 6.45) is 3.51. The minimum absolute atomic E-state index is 0.0112. The van der Waals surface area contributed by atoms with Gasteiger partial charge in [0.2, 0.25) is 5.79 Å². The second-order valence-corrected chi connectivity index (χ2v) is 14.2. The van der Waals surface area contributed by atoms with Gasteiger partial charge in [-0.15, -0.1) is 0 Å². The van der Waals surface area contributed by atoms with Crippen LogP contribution in [0.5, 0.6) is 0 Å². The molecule has 3 heterocycles. The topological polar surface area (TPSA) is 132 Å². The van der Waals surface area contributed by atoms with Crippen molar-refractivity contribution in [1.82, 2.24) is 0 Å². The lowest BCUT2D eigenvalue weighted by Crippen LogP contribution is -2.71. The van der Waals surface area contributed by atoms with E-state index < -0.39 is 64.5 Å².